The van der Waals surface area contributed by atoms with Gasteiger partial charge >= 0.3 is 0 Å². The van der Waals surface area contributed by atoms with Crippen LogP contribution in [-0.4, -0.2) is 23.9 Å². The highest BCUT2D eigenvalue weighted by Crippen LogP contribution is 2.36. The minimum atomic E-state index is 0.142. The van der Waals surface area contributed by atoms with E-state index in [1.165, 1.54) is 34.6 Å². The second-order valence-corrected chi connectivity index (χ2v) is 6.26. The van der Waals surface area contributed by atoms with Crippen LogP contribution in [-0.2, 0) is 6.54 Å². The largest absolute Gasteiger partial charge is 0.340 e. The minimum absolute atomic E-state index is 0.142. The van der Waals surface area contributed by atoms with Crippen LogP contribution in [0.1, 0.15) is 23.2 Å². The number of nitrogens with one attached hydrogen (secondary N) is 1. The Kier molecular flexibility index (Phi) is 3.23. The summed E-state index contributed by atoms with van der Waals surface area (Å²) in [6.45, 7) is 1.47. The van der Waals surface area contributed by atoms with Crippen LogP contribution >= 0.6 is 0 Å². The molecule has 1 heterocycles. The lowest BCUT2D eigenvalue weighted by atomic mass is 10.1. The Morgan fingerprint density at radius 2 is 1.91 bits per heavy atom. The van der Waals surface area contributed by atoms with Crippen LogP contribution in [0, 0.1) is 5.92 Å². The normalized spacial score (nSPS) is 14.8. The lowest BCUT2D eigenvalue weighted by molar-refractivity contribution is 0.0993. The van der Waals surface area contributed by atoms with Crippen molar-refractivity contribution in [1.29, 1.82) is 0 Å². The molecule has 2 aromatic carbocycles. The molecule has 0 atom stereocenters. The maximum absolute atomic E-state index is 12.1. The molecule has 3 aromatic rings. The van der Waals surface area contributed by atoms with Gasteiger partial charge in [0.05, 0.1) is 6.54 Å². The highest BCUT2D eigenvalue weighted by atomic mass is 16.1. The van der Waals surface area contributed by atoms with E-state index in [9.17, 15) is 4.79 Å². The van der Waals surface area contributed by atoms with Crippen molar-refractivity contribution >= 4 is 27.6 Å². The second kappa shape index (κ2) is 5.25. The number of benzene rings is 2. The first-order valence-corrected chi connectivity index (χ1v) is 7.96. The zero-order valence-electron chi connectivity index (χ0n) is 12.8. The quantitative estimate of drug-likeness (QED) is 0.729. The summed E-state index contributed by atoms with van der Waals surface area (Å²) in [5, 5.41) is 5.38. The van der Waals surface area contributed by atoms with Gasteiger partial charge in [-0.05, 0) is 50.1 Å². The van der Waals surface area contributed by atoms with Gasteiger partial charge in [0.2, 0.25) is 0 Å². The molecule has 112 valence electrons. The average Bonchev–Trinajstić information content (AvgIpc) is 3.31. The molecule has 0 radical (unpaired) electrons. The molecule has 0 saturated heterocycles. The number of Topliss-reactive ketones (excluding diaryl/α,β-unsaturated/α-hetero) is 1. The molecule has 1 fully saturated rings. The molecule has 1 saturated carbocycles. The van der Waals surface area contributed by atoms with Crippen LogP contribution in [0.25, 0.3) is 21.8 Å². The fourth-order valence-electron chi connectivity index (χ4n) is 3.25. The van der Waals surface area contributed by atoms with E-state index in [1.54, 1.807) is 7.05 Å². The van der Waals surface area contributed by atoms with Gasteiger partial charge in [-0.15, -0.1) is 0 Å². The number of hydrogen-bond donors (Lipinski definition) is 1. The van der Waals surface area contributed by atoms with Gasteiger partial charge in [-0.2, -0.15) is 0 Å². The van der Waals surface area contributed by atoms with E-state index in [-0.39, 0.29) is 5.78 Å². The number of nitrogens with zero attached hydrogens (tertiary/aromatic N) is 1. The zero-order chi connectivity index (χ0) is 15.1. The molecular formula is C19H20N2O. The predicted octanol–water partition coefficient (Wildman–Crippen LogP) is 3.61. The number of likely N-dealkylation sites (N-methyl/N-ethyl adjacent to an activating group) is 1. The SMILES string of the molecule is CNCC(=O)c1ccc2c(c1)c1ccccc1n2CC1CC1. The van der Waals surface area contributed by atoms with E-state index in [0.29, 0.717) is 6.54 Å². The summed E-state index contributed by atoms with van der Waals surface area (Å²) in [5.74, 6) is 0.966. The summed E-state index contributed by atoms with van der Waals surface area (Å²) in [7, 11) is 1.80. The number of rotatable bonds is 5. The van der Waals surface area contributed by atoms with Crippen molar-refractivity contribution in [2.75, 3.05) is 13.6 Å². The predicted molar refractivity (Wildman–Crippen MR) is 90.4 cm³/mol. The Labute approximate surface area is 129 Å². The molecule has 1 aromatic heterocycles. The smallest absolute Gasteiger partial charge is 0.176 e. The third-order valence-electron chi connectivity index (χ3n) is 4.57. The van der Waals surface area contributed by atoms with E-state index >= 15 is 0 Å². The van der Waals surface area contributed by atoms with Gasteiger partial charge in [-0.25, -0.2) is 0 Å². The summed E-state index contributed by atoms with van der Waals surface area (Å²) >= 11 is 0. The number of fused-ring (bicyclic) bond motifs is 3. The van der Waals surface area contributed by atoms with Crippen molar-refractivity contribution < 1.29 is 4.79 Å². The summed E-state index contributed by atoms with van der Waals surface area (Å²) in [6.07, 6.45) is 2.68. The van der Waals surface area contributed by atoms with Crippen molar-refractivity contribution in [3.63, 3.8) is 0 Å². The Balaban J connectivity index is 1.92. The first-order chi connectivity index (χ1) is 10.8. The second-order valence-electron chi connectivity index (χ2n) is 6.26. The van der Waals surface area contributed by atoms with Crippen LogP contribution in [0.4, 0.5) is 0 Å². The molecule has 0 aliphatic heterocycles. The molecular weight excluding hydrogens is 272 g/mol. The summed E-state index contributed by atoms with van der Waals surface area (Å²) < 4.78 is 2.43. The molecule has 1 aliphatic rings. The standard InChI is InChI=1S/C19H20N2O/c1-20-11-19(22)14-8-9-18-16(10-14)15-4-2-3-5-17(15)21(18)12-13-6-7-13/h2-5,8-10,13,20H,6-7,11-12H2,1H3. The molecule has 4 rings (SSSR count). The Hall–Kier alpha value is -2.13. The lowest BCUT2D eigenvalue weighted by Crippen LogP contribution is -2.18. The Morgan fingerprint density at radius 3 is 2.68 bits per heavy atom. The number of aromatic nitrogens is 1. The van der Waals surface area contributed by atoms with Gasteiger partial charge in [0, 0.05) is 33.9 Å². The van der Waals surface area contributed by atoms with E-state index in [2.05, 4.69) is 46.3 Å². The van der Waals surface area contributed by atoms with Crippen molar-refractivity contribution in [2.45, 2.75) is 19.4 Å². The third-order valence-corrected chi connectivity index (χ3v) is 4.57. The third kappa shape index (κ3) is 2.22. The monoisotopic (exact) mass is 292 g/mol. The van der Waals surface area contributed by atoms with E-state index < -0.39 is 0 Å². The Morgan fingerprint density at radius 1 is 1.14 bits per heavy atom. The molecule has 0 amide bonds. The molecule has 0 unspecified atom stereocenters. The van der Waals surface area contributed by atoms with E-state index in [0.717, 1.165) is 18.0 Å². The van der Waals surface area contributed by atoms with Crippen LogP contribution < -0.4 is 5.32 Å². The van der Waals surface area contributed by atoms with Crippen LogP contribution in [0.15, 0.2) is 42.5 Å². The number of ketones is 1. The van der Waals surface area contributed by atoms with Crippen molar-refractivity contribution in [1.82, 2.24) is 9.88 Å². The molecule has 0 spiro atoms. The van der Waals surface area contributed by atoms with Gasteiger partial charge in [-0.3, -0.25) is 4.79 Å². The van der Waals surface area contributed by atoms with Crippen LogP contribution in [0.2, 0.25) is 0 Å². The first-order valence-electron chi connectivity index (χ1n) is 7.96. The van der Waals surface area contributed by atoms with Crippen molar-refractivity contribution in [3.8, 4) is 0 Å². The van der Waals surface area contributed by atoms with Gasteiger partial charge in [0.15, 0.2) is 5.78 Å². The van der Waals surface area contributed by atoms with Gasteiger partial charge < -0.3 is 9.88 Å². The fourth-order valence-corrected chi connectivity index (χ4v) is 3.25. The fraction of sp³-hybridized carbons (Fsp3) is 0.316. The molecule has 3 nitrogen and oxygen atoms in total. The molecule has 1 aliphatic carbocycles. The van der Waals surface area contributed by atoms with E-state index in [4.69, 9.17) is 0 Å². The highest BCUT2D eigenvalue weighted by molar-refractivity contribution is 6.11. The van der Waals surface area contributed by atoms with Crippen LogP contribution in [0.3, 0.4) is 0 Å². The lowest BCUT2D eigenvalue weighted by Gasteiger charge is -2.06. The zero-order valence-corrected chi connectivity index (χ0v) is 12.8. The highest BCUT2D eigenvalue weighted by Gasteiger charge is 2.23. The van der Waals surface area contributed by atoms with E-state index in [1.807, 2.05) is 6.07 Å². The average molecular weight is 292 g/mol. The number of para-hydroxylation sites is 1. The van der Waals surface area contributed by atoms with Crippen molar-refractivity contribution in [2.24, 2.45) is 5.92 Å². The number of carbonyl (C=O) groups excluding carboxylic acids is 1. The maximum Gasteiger partial charge on any atom is 0.176 e. The number of carbonyl (C=O) groups is 1. The van der Waals surface area contributed by atoms with Crippen molar-refractivity contribution in [3.05, 3.63) is 48.0 Å². The molecule has 22 heavy (non-hydrogen) atoms. The number of hydrogen-bond acceptors (Lipinski definition) is 2. The summed E-state index contributed by atoms with van der Waals surface area (Å²) in [5.41, 5.74) is 3.31. The summed E-state index contributed by atoms with van der Waals surface area (Å²) in [4.78, 5) is 12.1. The maximum atomic E-state index is 12.1. The van der Waals surface area contributed by atoms with Crippen LogP contribution in [0.5, 0.6) is 0 Å². The molecule has 3 heteroatoms. The van der Waals surface area contributed by atoms with Gasteiger partial charge in [0.1, 0.15) is 0 Å². The van der Waals surface area contributed by atoms with Gasteiger partial charge in [-0.1, -0.05) is 18.2 Å². The topological polar surface area (TPSA) is 34.0 Å². The van der Waals surface area contributed by atoms with Gasteiger partial charge in [0.25, 0.3) is 0 Å². The Bertz CT molecular complexity index is 858. The minimum Gasteiger partial charge on any atom is -0.340 e. The first kappa shape index (κ1) is 13.5. The molecule has 0 bridgehead atoms. The summed E-state index contributed by atoms with van der Waals surface area (Å²) in [6, 6.07) is 14.6. The molecule has 1 N–H and O–H groups in total.